The average Bonchev–Trinajstić information content (AvgIpc) is 2.81. The molecule has 1 heterocycles. The van der Waals surface area contributed by atoms with Crippen LogP contribution in [0.15, 0.2) is 12.4 Å². The summed E-state index contributed by atoms with van der Waals surface area (Å²) in [5.41, 5.74) is 5.67. The van der Waals surface area contributed by atoms with Gasteiger partial charge in [-0.1, -0.05) is 12.8 Å². The molecule has 1 aliphatic rings. The molecule has 0 amide bonds. The van der Waals surface area contributed by atoms with Crippen LogP contribution in [0.2, 0.25) is 0 Å². The van der Waals surface area contributed by atoms with Gasteiger partial charge in [-0.15, -0.1) is 0 Å². The second-order valence-electron chi connectivity index (χ2n) is 4.12. The van der Waals surface area contributed by atoms with Crippen molar-refractivity contribution in [1.29, 1.82) is 0 Å². The molecule has 5 heteroatoms. The van der Waals surface area contributed by atoms with E-state index in [4.69, 9.17) is 5.73 Å². The van der Waals surface area contributed by atoms with Gasteiger partial charge in [-0.05, 0) is 35.4 Å². The molecule has 88 valence electrons. The Morgan fingerprint density at radius 2 is 1.94 bits per heavy atom. The van der Waals surface area contributed by atoms with Crippen molar-refractivity contribution in [2.75, 3.05) is 18.0 Å². The van der Waals surface area contributed by atoms with E-state index in [0.29, 0.717) is 12.6 Å². The SMILES string of the molecule is NCCN(c1ncc(I)cn1)C1CCCC1. The first-order valence-electron chi connectivity index (χ1n) is 5.75. The predicted molar refractivity (Wildman–Crippen MR) is 73.4 cm³/mol. The zero-order valence-corrected chi connectivity index (χ0v) is 11.4. The Kier molecular flexibility index (Phi) is 4.34. The van der Waals surface area contributed by atoms with Gasteiger partial charge in [-0.25, -0.2) is 9.97 Å². The van der Waals surface area contributed by atoms with Gasteiger partial charge in [0.2, 0.25) is 5.95 Å². The number of hydrogen-bond donors (Lipinski definition) is 1. The Morgan fingerprint density at radius 1 is 1.31 bits per heavy atom. The average molecular weight is 332 g/mol. The van der Waals surface area contributed by atoms with Crippen LogP contribution < -0.4 is 10.6 Å². The van der Waals surface area contributed by atoms with Crippen molar-refractivity contribution in [2.24, 2.45) is 5.73 Å². The third-order valence-electron chi connectivity index (χ3n) is 3.00. The first-order chi connectivity index (χ1) is 7.81. The molecule has 16 heavy (non-hydrogen) atoms. The molecular weight excluding hydrogens is 315 g/mol. The highest BCUT2D eigenvalue weighted by molar-refractivity contribution is 14.1. The second-order valence-corrected chi connectivity index (χ2v) is 5.37. The lowest BCUT2D eigenvalue weighted by atomic mass is 10.2. The maximum absolute atomic E-state index is 5.67. The Hall–Kier alpha value is -0.430. The van der Waals surface area contributed by atoms with Gasteiger partial charge in [-0.3, -0.25) is 0 Å². The van der Waals surface area contributed by atoms with Crippen molar-refractivity contribution >= 4 is 28.5 Å². The minimum absolute atomic E-state index is 0.587. The van der Waals surface area contributed by atoms with E-state index in [2.05, 4.69) is 37.5 Å². The molecule has 0 spiro atoms. The highest BCUT2D eigenvalue weighted by Gasteiger charge is 2.23. The molecule has 4 nitrogen and oxygen atoms in total. The summed E-state index contributed by atoms with van der Waals surface area (Å²) in [6.45, 7) is 1.51. The highest BCUT2D eigenvalue weighted by Crippen LogP contribution is 2.25. The second kappa shape index (κ2) is 5.77. The minimum Gasteiger partial charge on any atom is -0.337 e. The number of halogens is 1. The number of nitrogens with two attached hydrogens (primary N) is 1. The molecule has 1 aromatic heterocycles. The minimum atomic E-state index is 0.587. The summed E-state index contributed by atoms with van der Waals surface area (Å²) in [5, 5.41) is 0. The standard InChI is InChI=1S/C11H17IN4/c12-9-7-14-11(15-8-9)16(6-5-13)10-3-1-2-4-10/h7-8,10H,1-6,13H2. The molecule has 0 saturated heterocycles. The molecule has 0 unspecified atom stereocenters. The molecule has 0 radical (unpaired) electrons. The Balaban J connectivity index is 2.14. The first-order valence-corrected chi connectivity index (χ1v) is 6.83. The molecule has 2 N–H and O–H groups in total. The van der Waals surface area contributed by atoms with E-state index >= 15 is 0 Å². The topological polar surface area (TPSA) is 55.0 Å². The van der Waals surface area contributed by atoms with Gasteiger partial charge in [0, 0.05) is 35.1 Å². The van der Waals surface area contributed by atoms with Gasteiger partial charge in [0.25, 0.3) is 0 Å². The van der Waals surface area contributed by atoms with Crippen LogP contribution in [-0.2, 0) is 0 Å². The van der Waals surface area contributed by atoms with Crippen LogP contribution in [0, 0.1) is 3.57 Å². The van der Waals surface area contributed by atoms with Crippen LogP contribution in [0.5, 0.6) is 0 Å². The maximum Gasteiger partial charge on any atom is 0.225 e. The summed E-state index contributed by atoms with van der Waals surface area (Å²) in [5.74, 6) is 0.831. The van der Waals surface area contributed by atoms with E-state index in [9.17, 15) is 0 Å². The van der Waals surface area contributed by atoms with Gasteiger partial charge >= 0.3 is 0 Å². The van der Waals surface area contributed by atoms with Crippen LogP contribution in [0.4, 0.5) is 5.95 Å². The molecule has 0 bridgehead atoms. The lowest BCUT2D eigenvalue weighted by molar-refractivity contribution is 0.594. The number of hydrogen-bond acceptors (Lipinski definition) is 4. The van der Waals surface area contributed by atoms with Gasteiger partial charge < -0.3 is 10.6 Å². The van der Waals surface area contributed by atoms with Gasteiger partial charge in [0.05, 0.1) is 0 Å². The largest absolute Gasteiger partial charge is 0.337 e. The van der Waals surface area contributed by atoms with Crippen molar-refractivity contribution in [2.45, 2.75) is 31.7 Å². The number of aromatic nitrogens is 2. The van der Waals surface area contributed by atoms with Crippen LogP contribution in [0.3, 0.4) is 0 Å². The van der Waals surface area contributed by atoms with E-state index in [1.54, 1.807) is 0 Å². The van der Waals surface area contributed by atoms with E-state index in [0.717, 1.165) is 16.1 Å². The number of anilines is 1. The lowest BCUT2D eigenvalue weighted by Gasteiger charge is -2.28. The van der Waals surface area contributed by atoms with E-state index < -0.39 is 0 Å². The lowest BCUT2D eigenvalue weighted by Crippen LogP contribution is -2.38. The Morgan fingerprint density at radius 3 is 2.50 bits per heavy atom. The van der Waals surface area contributed by atoms with Crippen molar-refractivity contribution in [3.05, 3.63) is 16.0 Å². The molecule has 0 atom stereocenters. The van der Waals surface area contributed by atoms with Gasteiger partial charge in [0.15, 0.2) is 0 Å². The fourth-order valence-electron chi connectivity index (χ4n) is 2.25. The quantitative estimate of drug-likeness (QED) is 0.854. The van der Waals surface area contributed by atoms with Crippen LogP contribution in [0.25, 0.3) is 0 Å². The van der Waals surface area contributed by atoms with Crippen LogP contribution in [-0.4, -0.2) is 29.1 Å². The summed E-state index contributed by atoms with van der Waals surface area (Å²) in [4.78, 5) is 11.1. The van der Waals surface area contributed by atoms with Crippen molar-refractivity contribution < 1.29 is 0 Å². The zero-order valence-electron chi connectivity index (χ0n) is 9.27. The highest BCUT2D eigenvalue weighted by atomic mass is 127. The summed E-state index contributed by atoms with van der Waals surface area (Å²) in [6, 6.07) is 0.587. The fraction of sp³-hybridized carbons (Fsp3) is 0.636. The molecule has 2 rings (SSSR count). The van der Waals surface area contributed by atoms with Gasteiger partial charge in [-0.2, -0.15) is 0 Å². The molecule has 1 saturated carbocycles. The molecule has 1 fully saturated rings. The van der Waals surface area contributed by atoms with Crippen LogP contribution >= 0.6 is 22.6 Å². The molecule has 0 aliphatic heterocycles. The van der Waals surface area contributed by atoms with Crippen LogP contribution in [0.1, 0.15) is 25.7 Å². The fourth-order valence-corrected chi connectivity index (χ4v) is 2.53. The summed E-state index contributed by atoms with van der Waals surface area (Å²) < 4.78 is 1.07. The van der Waals surface area contributed by atoms with E-state index in [-0.39, 0.29) is 0 Å². The van der Waals surface area contributed by atoms with Crippen molar-refractivity contribution in [3.8, 4) is 0 Å². The normalized spacial score (nSPS) is 16.6. The van der Waals surface area contributed by atoms with Gasteiger partial charge in [0.1, 0.15) is 0 Å². The smallest absolute Gasteiger partial charge is 0.225 e. The Bertz CT molecular complexity index is 321. The Labute approximate surface area is 110 Å². The zero-order chi connectivity index (χ0) is 11.4. The first kappa shape index (κ1) is 12.0. The third-order valence-corrected chi connectivity index (χ3v) is 3.56. The van der Waals surface area contributed by atoms with E-state index in [1.165, 1.54) is 25.7 Å². The summed E-state index contributed by atoms with van der Waals surface area (Å²) in [7, 11) is 0. The molecule has 1 aliphatic carbocycles. The number of nitrogens with zero attached hydrogens (tertiary/aromatic N) is 3. The van der Waals surface area contributed by atoms with Crippen molar-refractivity contribution in [3.63, 3.8) is 0 Å². The summed E-state index contributed by atoms with van der Waals surface area (Å²) in [6.07, 6.45) is 8.85. The molecular formula is C11H17IN4. The predicted octanol–water partition coefficient (Wildman–Crippen LogP) is 1.79. The molecule has 1 aromatic rings. The maximum atomic E-state index is 5.67. The molecule has 0 aromatic carbocycles. The van der Waals surface area contributed by atoms with Crippen molar-refractivity contribution in [1.82, 2.24) is 9.97 Å². The number of rotatable bonds is 4. The third kappa shape index (κ3) is 2.82. The monoisotopic (exact) mass is 332 g/mol. The van der Waals surface area contributed by atoms with E-state index in [1.807, 2.05) is 12.4 Å². The summed E-state index contributed by atoms with van der Waals surface area (Å²) >= 11 is 2.22.